The van der Waals surface area contributed by atoms with Crippen molar-refractivity contribution in [1.29, 1.82) is 0 Å². The minimum absolute atomic E-state index is 0.165. The van der Waals surface area contributed by atoms with Gasteiger partial charge in [0.2, 0.25) is 0 Å². The van der Waals surface area contributed by atoms with Crippen molar-refractivity contribution in [2.24, 2.45) is 15.9 Å². The average Bonchev–Trinajstić information content (AvgIpc) is 3.29. The lowest BCUT2D eigenvalue weighted by Gasteiger charge is -2.30. The van der Waals surface area contributed by atoms with Crippen LogP contribution in [0.25, 0.3) is 0 Å². The Hall–Kier alpha value is -1.69. The second kappa shape index (κ2) is 6.31. The lowest BCUT2D eigenvalue weighted by atomic mass is 9.92. The van der Waals surface area contributed by atoms with E-state index >= 15 is 0 Å². The summed E-state index contributed by atoms with van der Waals surface area (Å²) in [6.07, 6.45) is -0.741. The van der Waals surface area contributed by atoms with Crippen molar-refractivity contribution in [1.82, 2.24) is 5.32 Å². The molecule has 1 unspecified atom stereocenters. The largest absolute Gasteiger partial charge is 0.431 e. The van der Waals surface area contributed by atoms with Crippen molar-refractivity contribution in [2.45, 2.75) is 51.4 Å². The molecular weight excluding hydrogens is 315 g/mol. The molecule has 1 atom stereocenters. The Bertz CT molecular complexity index is 657. The molecule has 1 saturated carbocycles. The Morgan fingerprint density at radius 3 is 2.33 bits per heavy atom. The maximum atomic E-state index is 12.6. The summed E-state index contributed by atoms with van der Waals surface area (Å²) in [7, 11) is 0. The van der Waals surface area contributed by atoms with Crippen LogP contribution in [0.15, 0.2) is 34.3 Å². The molecule has 0 radical (unpaired) electrons. The van der Waals surface area contributed by atoms with Crippen LogP contribution in [0.5, 0.6) is 0 Å². The molecule has 3 nitrogen and oxygen atoms in total. The van der Waals surface area contributed by atoms with Gasteiger partial charge in [0.25, 0.3) is 0 Å². The van der Waals surface area contributed by atoms with Gasteiger partial charge in [0, 0.05) is 17.6 Å². The topological polar surface area (TPSA) is 36.8 Å². The van der Waals surface area contributed by atoms with E-state index in [-0.39, 0.29) is 11.4 Å². The molecule has 0 spiro atoms. The van der Waals surface area contributed by atoms with Gasteiger partial charge in [-0.15, -0.1) is 0 Å². The van der Waals surface area contributed by atoms with E-state index in [0.717, 1.165) is 24.4 Å². The molecule has 24 heavy (non-hydrogen) atoms. The third-order valence-electron chi connectivity index (χ3n) is 5.07. The zero-order valence-corrected chi connectivity index (χ0v) is 14.0. The van der Waals surface area contributed by atoms with Gasteiger partial charge < -0.3 is 5.32 Å². The van der Waals surface area contributed by atoms with Crippen LogP contribution in [-0.4, -0.2) is 29.8 Å². The fourth-order valence-corrected chi connectivity index (χ4v) is 3.01. The predicted octanol–water partition coefficient (Wildman–Crippen LogP) is 4.12. The first-order valence-corrected chi connectivity index (χ1v) is 8.35. The molecule has 0 amide bonds. The maximum Gasteiger partial charge on any atom is 0.431 e. The third kappa shape index (κ3) is 3.69. The van der Waals surface area contributed by atoms with Crippen LogP contribution in [0, 0.1) is 5.92 Å². The highest BCUT2D eigenvalue weighted by Crippen LogP contribution is 2.41. The molecule has 2 aliphatic rings. The van der Waals surface area contributed by atoms with E-state index in [1.807, 2.05) is 12.1 Å². The Morgan fingerprint density at radius 1 is 1.17 bits per heavy atom. The maximum absolute atomic E-state index is 12.6. The monoisotopic (exact) mass is 337 g/mol. The molecule has 0 bridgehead atoms. The van der Waals surface area contributed by atoms with Crippen molar-refractivity contribution >= 4 is 11.5 Å². The van der Waals surface area contributed by atoms with E-state index in [4.69, 9.17) is 0 Å². The second-order valence-electron chi connectivity index (χ2n) is 6.79. The van der Waals surface area contributed by atoms with Gasteiger partial charge in [-0.1, -0.05) is 31.2 Å². The molecule has 1 aliphatic heterocycles. The molecule has 1 N–H and O–H groups in total. The first kappa shape index (κ1) is 17.1. The first-order valence-electron chi connectivity index (χ1n) is 8.35. The number of hydrogen-bond donors (Lipinski definition) is 1. The number of alkyl halides is 3. The van der Waals surface area contributed by atoms with Gasteiger partial charge in [-0.25, -0.2) is 4.99 Å². The zero-order chi connectivity index (χ0) is 17.4. The Morgan fingerprint density at radius 2 is 1.83 bits per heavy atom. The third-order valence-corrected chi connectivity index (χ3v) is 5.07. The zero-order valence-electron chi connectivity index (χ0n) is 14.0. The van der Waals surface area contributed by atoms with Gasteiger partial charge in [-0.3, -0.25) is 4.99 Å². The van der Waals surface area contributed by atoms with E-state index in [1.54, 1.807) is 12.1 Å². The SMILES string of the molecule is CCC(C)(NCc1ccc(C2=NCC(C(F)(F)F)=N2)cc1)C1CC1. The van der Waals surface area contributed by atoms with Gasteiger partial charge in [-0.05, 0) is 37.7 Å². The number of halogens is 3. The summed E-state index contributed by atoms with van der Waals surface area (Å²) in [6.45, 7) is 4.83. The summed E-state index contributed by atoms with van der Waals surface area (Å²) in [5.74, 6) is 0.919. The number of nitrogens with one attached hydrogen (secondary N) is 1. The van der Waals surface area contributed by atoms with Crippen molar-refractivity contribution in [3.05, 3.63) is 35.4 Å². The minimum Gasteiger partial charge on any atom is -0.307 e. The van der Waals surface area contributed by atoms with E-state index in [9.17, 15) is 13.2 Å². The van der Waals surface area contributed by atoms with Crippen molar-refractivity contribution in [2.75, 3.05) is 6.54 Å². The number of benzene rings is 1. The van der Waals surface area contributed by atoms with Gasteiger partial charge >= 0.3 is 6.18 Å². The number of nitrogens with zero attached hydrogens (tertiary/aromatic N) is 2. The summed E-state index contributed by atoms with van der Waals surface area (Å²) in [5.41, 5.74) is 1.07. The molecule has 3 rings (SSSR count). The molecule has 1 aromatic carbocycles. The van der Waals surface area contributed by atoms with Gasteiger partial charge in [0.1, 0.15) is 5.71 Å². The summed E-state index contributed by atoms with van der Waals surface area (Å²) in [5, 5.41) is 3.63. The summed E-state index contributed by atoms with van der Waals surface area (Å²) >= 11 is 0. The number of rotatable bonds is 6. The summed E-state index contributed by atoms with van der Waals surface area (Å²) in [4.78, 5) is 7.51. The minimum atomic E-state index is -4.40. The predicted molar refractivity (Wildman–Crippen MR) is 89.6 cm³/mol. The molecule has 1 aliphatic carbocycles. The summed E-state index contributed by atoms with van der Waals surface area (Å²) < 4.78 is 37.9. The Kier molecular flexibility index (Phi) is 4.51. The smallest absolute Gasteiger partial charge is 0.307 e. The van der Waals surface area contributed by atoms with Gasteiger partial charge in [0.15, 0.2) is 5.84 Å². The van der Waals surface area contributed by atoms with E-state index in [2.05, 4.69) is 29.1 Å². The van der Waals surface area contributed by atoms with Crippen LogP contribution >= 0.6 is 0 Å². The summed E-state index contributed by atoms with van der Waals surface area (Å²) in [6, 6.07) is 7.43. The second-order valence-corrected chi connectivity index (χ2v) is 6.79. The van der Waals surface area contributed by atoms with Gasteiger partial charge in [-0.2, -0.15) is 13.2 Å². The van der Waals surface area contributed by atoms with Crippen LogP contribution in [0.2, 0.25) is 0 Å². The molecule has 0 aromatic heterocycles. The fraction of sp³-hybridized carbons (Fsp3) is 0.556. The standard InChI is InChI=1S/C18H22F3N3/c1-3-17(2,14-8-9-14)23-10-12-4-6-13(7-5-12)16-22-11-15(24-16)18(19,20)21/h4-7,14,23H,3,8-11H2,1-2H3. The molecule has 6 heteroatoms. The Balaban J connectivity index is 1.63. The molecular formula is C18H22F3N3. The van der Waals surface area contributed by atoms with Crippen molar-refractivity contribution < 1.29 is 13.2 Å². The van der Waals surface area contributed by atoms with Crippen LogP contribution in [0.3, 0.4) is 0 Å². The molecule has 0 saturated heterocycles. The quantitative estimate of drug-likeness (QED) is 0.833. The van der Waals surface area contributed by atoms with Crippen LogP contribution < -0.4 is 5.32 Å². The Labute approximate surface area is 140 Å². The number of hydrogen-bond acceptors (Lipinski definition) is 3. The van der Waals surface area contributed by atoms with Crippen molar-refractivity contribution in [3.8, 4) is 0 Å². The first-order chi connectivity index (χ1) is 11.3. The molecule has 1 aromatic rings. The highest BCUT2D eigenvalue weighted by molar-refractivity contribution is 6.13. The average molecular weight is 337 g/mol. The van der Waals surface area contributed by atoms with Crippen molar-refractivity contribution in [3.63, 3.8) is 0 Å². The lowest BCUT2D eigenvalue weighted by molar-refractivity contribution is -0.0592. The normalized spacial score (nSPS) is 20.5. The highest BCUT2D eigenvalue weighted by atomic mass is 19.4. The van der Waals surface area contributed by atoms with E-state index < -0.39 is 18.4 Å². The van der Waals surface area contributed by atoms with E-state index in [1.165, 1.54) is 12.8 Å². The lowest BCUT2D eigenvalue weighted by Crippen LogP contribution is -2.43. The van der Waals surface area contributed by atoms with Crippen LogP contribution in [0.1, 0.15) is 44.2 Å². The highest BCUT2D eigenvalue weighted by Gasteiger charge is 2.39. The number of aliphatic imine (C=N–C) groups is 2. The number of amidine groups is 1. The molecule has 130 valence electrons. The van der Waals surface area contributed by atoms with Crippen LogP contribution in [-0.2, 0) is 6.54 Å². The van der Waals surface area contributed by atoms with E-state index in [0.29, 0.717) is 5.56 Å². The van der Waals surface area contributed by atoms with Crippen LogP contribution in [0.4, 0.5) is 13.2 Å². The van der Waals surface area contributed by atoms with Gasteiger partial charge in [0.05, 0.1) is 6.54 Å². The molecule has 1 heterocycles. The molecule has 1 fully saturated rings. The fourth-order valence-electron chi connectivity index (χ4n) is 3.01.